The smallest absolute Gasteiger partial charge is 0.107 e. The van der Waals surface area contributed by atoms with Crippen LogP contribution in [-0.4, -0.2) is 34.7 Å². The number of nitrogens with zero attached hydrogens (tertiary/aromatic N) is 2. The summed E-state index contributed by atoms with van der Waals surface area (Å²) in [5.74, 6) is 0.480. The molecule has 15 heavy (non-hydrogen) atoms. The van der Waals surface area contributed by atoms with Gasteiger partial charge in [-0.2, -0.15) is 0 Å². The minimum atomic E-state index is -0.234. The molecule has 1 aromatic heterocycles. The predicted molar refractivity (Wildman–Crippen MR) is 64.3 cm³/mol. The molecule has 1 heterocycles. The highest BCUT2D eigenvalue weighted by Crippen LogP contribution is 2.13. The third kappa shape index (κ3) is 4.93. The van der Waals surface area contributed by atoms with Crippen molar-refractivity contribution in [1.29, 1.82) is 0 Å². The molecule has 0 aliphatic heterocycles. The number of hydrogen-bond acceptors (Lipinski definition) is 4. The normalized spacial score (nSPS) is 13.4. The molecule has 0 aliphatic carbocycles. The fraction of sp³-hybridized carbons (Fsp3) is 0.700. The highest BCUT2D eigenvalue weighted by molar-refractivity contribution is 7.09. The highest BCUT2D eigenvalue weighted by Gasteiger charge is 2.06. The molecule has 0 radical (unpaired) electrons. The Kier molecular flexibility index (Phi) is 5.53. The number of rotatable bonds is 6. The Balaban J connectivity index is 2.33. The first kappa shape index (κ1) is 12.9. The molecule has 3 nitrogen and oxygen atoms in total. The van der Waals surface area contributed by atoms with Gasteiger partial charge in [-0.15, -0.1) is 22.9 Å². The van der Waals surface area contributed by atoms with Crippen molar-refractivity contribution in [2.24, 2.45) is 0 Å². The number of hydrogen-bond donors (Lipinski definition) is 1. The van der Waals surface area contributed by atoms with E-state index < -0.39 is 0 Å². The van der Waals surface area contributed by atoms with Gasteiger partial charge in [0.2, 0.25) is 0 Å². The lowest BCUT2D eigenvalue weighted by atomic mass is 10.3. The maximum atomic E-state index is 9.15. The summed E-state index contributed by atoms with van der Waals surface area (Å²) < 4.78 is 0. The topological polar surface area (TPSA) is 36.4 Å². The number of aromatic nitrogens is 1. The van der Waals surface area contributed by atoms with Gasteiger partial charge in [-0.05, 0) is 20.4 Å². The maximum absolute atomic E-state index is 9.15. The van der Waals surface area contributed by atoms with E-state index >= 15 is 0 Å². The molecule has 0 amide bonds. The van der Waals surface area contributed by atoms with Gasteiger partial charge < -0.3 is 5.11 Å². The summed E-state index contributed by atoms with van der Waals surface area (Å²) in [5.41, 5.74) is 0.945. The van der Waals surface area contributed by atoms with E-state index in [9.17, 15) is 0 Å². The lowest BCUT2D eigenvalue weighted by Crippen LogP contribution is -2.22. The van der Waals surface area contributed by atoms with Crippen LogP contribution in [0.1, 0.15) is 24.0 Å². The summed E-state index contributed by atoms with van der Waals surface area (Å²) in [6.45, 7) is 3.52. The lowest BCUT2D eigenvalue weighted by molar-refractivity contribution is 0.163. The second-order valence-electron chi connectivity index (χ2n) is 3.74. The second kappa shape index (κ2) is 6.43. The molecule has 1 atom stereocenters. The third-order valence-electron chi connectivity index (χ3n) is 2.07. The van der Waals surface area contributed by atoms with Crippen LogP contribution in [0.4, 0.5) is 0 Å². The van der Waals surface area contributed by atoms with Crippen molar-refractivity contribution in [2.75, 3.05) is 13.6 Å². The fourth-order valence-corrected chi connectivity index (χ4v) is 2.30. The van der Waals surface area contributed by atoms with E-state index in [0.29, 0.717) is 5.88 Å². The van der Waals surface area contributed by atoms with Crippen molar-refractivity contribution >= 4 is 22.9 Å². The highest BCUT2D eigenvalue weighted by atomic mass is 35.5. The van der Waals surface area contributed by atoms with Gasteiger partial charge in [-0.3, -0.25) is 4.90 Å². The predicted octanol–water partition coefficient (Wildman–Crippen LogP) is 2.08. The quantitative estimate of drug-likeness (QED) is 0.784. The van der Waals surface area contributed by atoms with Crippen LogP contribution in [0, 0.1) is 0 Å². The van der Waals surface area contributed by atoms with Crippen LogP contribution < -0.4 is 0 Å². The molecular weight excluding hydrogens is 232 g/mol. The van der Waals surface area contributed by atoms with Gasteiger partial charge in [-0.25, -0.2) is 4.98 Å². The molecular formula is C10H17ClN2OS. The number of aliphatic hydroxyl groups excluding tert-OH is 1. The first-order valence-corrected chi connectivity index (χ1v) is 6.39. The summed E-state index contributed by atoms with van der Waals surface area (Å²) in [6.07, 6.45) is 0.562. The van der Waals surface area contributed by atoms with Crippen molar-refractivity contribution in [2.45, 2.75) is 31.9 Å². The minimum Gasteiger partial charge on any atom is -0.393 e. The van der Waals surface area contributed by atoms with Gasteiger partial charge in [0.25, 0.3) is 0 Å². The number of halogens is 1. The summed E-state index contributed by atoms with van der Waals surface area (Å²) in [7, 11) is 2.03. The van der Waals surface area contributed by atoms with Crippen molar-refractivity contribution in [1.82, 2.24) is 9.88 Å². The van der Waals surface area contributed by atoms with Gasteiger partial charge in [0, 0.05) is 11.9 Å². The Morgan fingerprint density at radius 2 is 2.40 bits per heavy atom. The fourth-order valence-electron chi connectivity index (χ4n) is 1.20. The Labute approximate surface area is 99.7 Å². The molecule has 1 rings (SSSR count). The molecule has 0 aromatic carbocycles. The first-order chi connectivity index (χ1) is 7.11. The van der Waals surface area contributed by atoms with Gasteiger partial charge in [-0.1, -0.05) is 0 Å². The monoisotopic (exact) mass is 248 g/mol. The molecule has 0 saturated carbocycles. The van der Waals surface area contributed by atoms with Gasteiger partial charge >= 0.3 is 0 Å². The van der Waals surface area contributed by atoms with E-state index in [-0.39, 0.29) is 6.10 Å². The maximum Gasteiger partial charge on any atom is 0.107 e. The van der Waals surface area contributed by atoms with Gasteiger partial charge in [0.15, 0.2) is 0 Å². The zero-order valence-corrected chi connectivity index (χ0v) is 10.7. The van der Waals surface area contributed by atoms with Crippen LogP contribution in [0.15, 0.2) is 5.38 Å². The Morgan fingerprint density at radius 1 is 1.67 bits per heavy atom. The summed E-state index contributed by atoms with van der Waals surface area (Å²) in [4.78, 5) is 6.53. The molecule has 0 fully saturated rings. The number of aliphatic hydroxyl groups is 1. The zero-order valence-electron chi connectivity index (χ0n) is 9.11. The standard InChI is InChI=1S/C10H17ClN2OS/c1-8(14)3-4-13(2)6-10-12-9(5-11)7-15-10/h7-8,14H,3-6H2,1-2H3. The molecule has 86 valence electrons. The lowest BCUT2D eigenvalue weighted by Gasteiger charge is -2.15. The van der Waals surface area contributed by atoms with E-state index in [1.165, 1.54) is 0 Å². The van der Waals surface area contributed by atoms with Crippen molar-refractivity contribution < 1.29 is 5.11 Å². The van der Waals surface area contributed by atoms with E-state index in [4.69, 9.17) is 16.7 Å². The Hall–Kier alpha value is -0.160. The molecule has 0 bridgehead atoms. The van der Waals surface area contributed by atoms with Crippen molar-refractivity contribution in [3.8, 4) is 0 Å². The Bertz CT molecular complexity index is 291. The van der Waals surface area contributed by atoms with Crippen LogP contribution in [0.3, 0.4) is 0 Å². The largest absolute Gasteiger partial charge is 0.393 e. The van der Waals surface area contributed by atoms with Crippen molar-refractivity contribution in [3.63, 3.8) is 0 Å². The van der Waals surface area contributed by atoms with Crippen LogP contribution in [-0.2, 0) is 12.4 Å². The third-order valence-corrected chi connectivity index (χ3v) is 3.23. The molecule has 5 heteroatoms. The zero-order chi connectivity index (χ0) is 11.3. The van der Waals surface area contributed by atoms with E-state index in [0.717, 1.165) is 30.2 Å². The first-order valence-electron chi connectivity index (χ1n) is 4.97. The SMILES string of the molecule is CC(O)CCN(C)Cc1nc(CCl)cs1. The van der Waals surface area contributed by atoms with Gasteiger partial charge in [0.1, 0.15) is 5.01 Å². The van der Waals surface area contributed by atoms with Crippen LogP contribution >= 0.6 is 22.9 Å². The van der Waals surface area contributed by atoms with E-state index in [1.54, 1.807) is 11.3 Å². The second-order valence-corrected chi connectivity index (χ2v) is 4.95. The minimum absolute atomic E-state index is 0.234. The molecule has 0 aliphatic rings. The van der Waals surface area contributed by atoms with E-state index in [2.05, 4.69) is 9.88 Å². The van der Waals surface area contributed by atoms with Gasteiger partial charge in [0.05, 0.1) is 24.2 Å². The summed E-state index contributed by atoms with van der Waals surface area (Å²) in [6, 6.07) is 0. The van der Waals surface area contributed by atoms with Crippen molar-refractivity contribution in [3.05, 3.63) is 16.1 Å². The molecule has 1 aromatic rings. The average Bonchev–Trinajstić information content (AvgIpc) is 2.62. The number of alkyl halides is 1. The Morgan fingerprint density at radius 3 is 2.93 bits per heavy atom. The number of thiazole rings is 1. The molecule has 0 spiro atoms. The van der Waals surface area contributed by atoms with Crippen LogP contribution in [0.25, 0.3) is 0 Å². The summed E-state index contributed by atoms with van der Waals surface area (Å²) >= 11 is 7.31. The van der Waals surface area contributed by atoms with Crippen LogP contribution in [0.2, 0.25) is 0 Å². The van der Waals surface area contributed by atoms with Crippen LogP contribution in [0.5, 0.6) is 0 Å². The molecule has 0 saturated heterocycles. The molecule has 1 unspecified atom stereocenters. The molecule has 1 N–H and O–H groups in total. The summed E-state index contributed by atoms with van der Waals surface area (Å²) in [5, 5.41) is 12.2. The van der Waals surface area contributed by atoms with E-state index in [1.807, 2.05) is 19.4 Å². The average molecular weight is 249 g/mol.